The van der Waals surface area contributed by atoms with Gasteiger partial charge in [-0.15, -0.1) is 0 Å². The van der Waals surface area contributed by atoms with Gasteiger partial charge in [0.15, 0.2) is 0 Å². The fourth-order valence-corrected chi connectivity index (χ4v) is 3.39. The highest BCUT2D eigenvalue weighted by Crippen LogP contribution is 2.30. The third-order valence-electron chi connectivity index (χ3n) is 4.96. The molecule has 19 heavy (non-hydrogen) atoms. The zero-order chi connectivity index (χ0) is 13.3. The molecule has 0 aromatic rings. The molecular formula is C15H27N3O. The molecule has 0 bridgehead atoms. The van der Waals surface area contributed by atoms with Gasteiger partial charge in [0.05, 0.1) is 5.54 Å². The topological polar surface area (TPSA) is 35.6 Å². The van der Waals surface area contributed by atoms with Crippen LogP contribution in [0, 0.1) is 5.92 Å². The van der Waals surface area contributed by atoms with Crippen molar-refractivity contribution in [3.63, 3.8) is 0 Å². The van der Waals surface area contributed by atoms with Crippen molar-refractivity contribution in [2.45, 2.75) is 44.6 Å². The Morgan fingerprint density at radius 2 is 1.95 bits per heavy atom. The molecule has 108 valence electrons. The summed E-state index contributed by atoms with van der Waals surface area (Å²) in [7, 11) is 0. The lowest BCUT2D eigenvalue weighted by molar-refractivity contribution is -0.140. The van der Waals surface area contributed by atoms with Crippen molar-refractivity contribution >= 4 is 5.91 Å². The molecule has 0 aromatic carbocycles. The van der Waals surface area contributed by atoms with Gasteiger partial charge in [0, 0.05) is 32.7 Å². The zero-order valence-electron chi connectivity index (χ0n) is 12.2. The van der Waals surface area contributed by atoms with Crippen molar-refractivity contribution in [2.75, 3.05) is 39.3 Å². The van der Waals surface area contributed by atoms with E-state index < -0.39 is 0 Å². The summed E-state index contributed by atoms with van der Waals surface area (Å²) < 4.78 is 0. The molecule has 2 saturated heterocycles. The van der Waals surface area contributed by atoms with Gasteiger partial charge < -0.3 is 10.2 Å². The van der Waals surface area contributed by atoms with Gasteiger partial charge in [0.2, 0.25) is 5.91 Å². The smallest absolute Gasteiger partial charge is 0.242 e. The van der Waals surface area contributed by atoms with E-state index in [9.17, 15) is 4.79 Å². The minimum absolute atomic E-state index is 0.295. The van der Waals surface area contributed by atoms with Gasteiger partial charge in [0.25, 0.3) is 0 Å². The Morgan fingerprint density at radius 3 is 2.53 bits per heavy atom. The molecule has 1 atom stereocenters. The van der Waals surface area contributed by atoms with E-state index in [0.717, 1.165) is 45.1 Å². The molecule has 1 unspecified atom stereocenters. The molecule has 1 saturated carbocycles. The van der Waals surface area contributed by atoms with E-state index in [1.54, 1.807) is 0 Å². The molecule has 2 heterocycles. The second-order valence-electron chi connectivity index (χ2n) is 6.75. The number of hydrogen-bond donors (Lipinski definition) is 1. The van der Waals surface area contributed by atoms with Gasteiger partial charge >= 0.3 is 0 Å². The van der Waals surface area contributed by atoms with Crippen molar-refractivity contribution < 1.29 is 4.79 Å². The number of piperidine rings is 1. The Kier molecular flexibility index (Phi) is 3.81. The monoisotopic (exact) mass is 265 g/mol. The molecule has 0 aromatic heterocycles. The van der Waals surface area contributed by atoms with Gasteiger partial charge in [-0.2, -0.15) is 0 Å². The van der Waals surface area contributed by atoms with Crippen LogP contribution in [0.2, 0.25) is 0 Å². The van der Waals surface area contributed by atoms with E-state index in [-0.39, 0.29) is 5.54 Å². The quantitative estimate of drug-likeness (QED) is 0.829. The molecule has 3 aliphatic rings. The van der Waals surface area contributed by atoms with Crippen LogP contribution in [0.5, 0.6) is 0 Å². The first kappa shape index (κ1) is 13.4. The number of nitrogens with one attached hydrogen (secondary N) is 1. The van der Waals surface area contributed by atoms with Crippen LogP contribution in [0.15, 0.2) is 0 Å². The lowest BCUT2D eigenvalue weighted by atomic mass is 9.89. The maximum absolute atomic E-state index is 12.7. The van der Waals surface area contributed by atoms with Crippen LogP contribution in [0.4, 0.5) is 0 Å². The molecule has 4 heteroatoms. The fraction of sp³-hybridized carbons (Fsp3) is 0.933. The average molecular weight is 265 g/mol. The van der Waals surface area contributed by atoms with E-state index in [1.165, 1.54) is 32.2 Å². The number of amides is 1. The number of hydrogen-bond acceptors (Lipinski definition) is 3. The number of carbonyl (C=O) groups is 1. The standard InChI is InChI=1S/C15H27N3O/c1-15(6-2-3-7-16-15)14(19)18-10-8-17(9-11-18)12-13-4-5-13/h13,16H,2-12H2,1H3. The van der Waals surface area contributed by atoms with Gasteiger partial charge in [0.1, 0.15) is 0 Å². The van der Waals surface area contributed by atoms with Gasteiger partial charge in [-0.25, -0.2) is 0 Å². The Bertz CT molecular complexity index is 326. The maximum atomic E-state index is 12.7. The summed E-state index contributed by atoms with van der Waals surface area (Å²) in [4.78, 5) is 17.3. The lowest BCUT2D eigenvalue weighted by Crippen LogP contribution is -2.61. The molecule has 1 amide bonds. The summed E-state index contributed by atoms with van der Waals surface area (Å²) in [6.45, 7) is 8.31. The van der Waals surface area contributed by atoms with E-state index in [2.05, 4.69) is 22.0 Å². The van der Waals surface area contributed by atoms with Gasteiger partial charge in [-0.3, -0.25) is 9.69 Å². The number of nitrogens with zero attached hydrogens (tertiary/aromatic N) is 2. The molecule has 3 fully saturated rings. The Morgan fingerprint density at radius 1 is 1.21 bits per heavy atom. The number of rotatable bonds is 3. The fourth-order valence-electron chi connectivity index (χ4n) is 3.39. The predicted molar refractivity (Wildman–Crippen MR) is 76.0 cm³/mol. The highest BCUT2D eigenvalue weighted by atomic mass is 16.2. The third kappa shape index (κ3) is 3.11. The highest BCUT2D eigenvalue weighted by molar-refractivity contribution is 5.86. The van der Waals surface area contributed by atoms with Crippen LogP contribution in [0.25, 0.3) is 0 Å². The van der Waals surface area contributed by atoms with E-state index in [0.29, 0.717) is 5.91 Å². The minimum Gasteiger partial charge on any atom is -0.339 e. The first-order valence-corrected chi connectivity index (χ1v) is 7.94. The van der Waals surface area contributed by atoms with Gasteiger partial charge in [-0.05, 0) is 51.5 Å². The molecule has 3 rings (SSSR count). The van der Waals surface area contributed by atoms with E-state index >= 15 is 0 Å². The third-order valence-corrected chi connectivity index (χ3v) is 4.96. The molecular weight excluding hydrogens is 238 g/mol. The Hall–Kier alpha value is -0.610. The molecule has 0 radical (unpaired) electrons. The first-order valence-electron chi connectivity index (χ1n) is 7.94. The number of carbonyl (C=O) groups excluding carboxylic acids is 1. The van der Waals surface area contributed by atoms with E-state index in [4.69, 9.17) is 0 Å². The Balaban J connectivity index is 1.50. The minimum atomic E-state index is -0.295. The summed E-state index contributed by atoms with van der Waals surface area (Å²) in [5, 5.41) is 3.44. The second-order valence-corrected chi connectivity index (χ2v) is 6.75. The van der Waals surface area contributed by atoms with Crippen molar-refractivity contribution in [3.05, 3.63) is 0 Å². The summed E-state index contributed by atoms with van der Waals surface area (Å²) in [5.74, 6) is 1.29. The van der Waals surface area contributed by atoms with Gasteiger partial charge in [-0.1, -0.05) is 0 Å². The lowest BCUT2D eigenvalue weighted by Gasteiger charge is -2.41. The second kappa shape index (κ2) is 5.41. The largest absolute Gasteiger partial charge is 0.339 e. The molecule has 4 nitrogen and oxygen atoms in total. The SMILES string of the molecule is CC1(C(=O)N2CCN(CC3CC3)CC2)CCCCN1. The summed E-state index contributed by atoms with van der Waals surface area (Å²) in [6, 6.07) is 0. The van der Waals surface area contributed by atoms with Crippen molar-refractivity contribution in [1.82, 2.24) is 15.1 Å². The molecule has 2 aliphatic heterocycles. The molecule has 1 N–H and O–H groups in total. The van der Waals surface area contributed by atoms with Crippen molar-refractivity contribution in [2.24, 2.45) is 5.92 Å². The summed E-state index contributed by atoms with van der Waals surface area (Å²) >= 11 is 0. The number of piperazine rings is 1. The predicted octanol–water partition coefficient (Wildman–Crippen LogP) is 1.07. The van der Waals surface area contributed by atoms with Crippen LogP contribution >= 0.6 is 0 Å². The van der Waals surface area contributed by atoms with Crippen molar-refractivity contribution in [1.29, 1.82) is 0 Å². The van der Waals surface area contributed by atoms with Crippen LogP contribution < -0.4 is 5.32 Å². The Labute approximate surface area is 116 Å². The zero-order valence-corrected chi connectivity index (χ0v) is 12.2. The van der Waals surface area contributed by atoms with Crippen LogP contribution in [0.1, 0.15) is 39.0 Å². The highest BCUT2D eigenvalue weighted by Gasteiger charge is 2.38. The van der Waals surface area contributed by atoms with Crippen LogP contribution in [-0.4, -0.2) is 60.5 Å². The molecule has 1 aliphatic carbocycles. The maximum Gasteiger partial charge on any atom is 0.242 e. The summed E-state index contributed by atoms with van der Waals surface area (Å²) in [5.41, 5.74) is -0.295. The molecule has 0 spiro atoms. The van der Waals surface area contributed by atoms with E-state index in [1.807, 2.05) is 0 Å². The first-order chi connectivity index (χ1) is 9.17. The van der Waals surface area contributed by atoms with Crippen molar-refractivity contribution in [3.8, 4) is 0 Å². The van der Waals surface area contributed by atoms with Crippen LogP contribution in [0.3, 0.4) is 0 Å². The average Bonchev–Trinajstić information content (AvgIpc) is 3.24. The van der Waals surface area contributed by atoms with Crippen LogP contribution in [-0.2, 0) is 4.79 Å². The summed E-state index contributed by atoms with van der Waals surface area (Å²) in [6.07, 6.45) is 6.21. The normalized spacial score (nSPS) is 33.4.